The minimum atomic E-state index is 0.125. The van der Waals surface area contributed by atoms with Crippen molar-refractivity contribution in [2.45, 2.75) is 6.54 Å². The molecule has 0 N–H and O–H groups in total. The molecule has 1 saturated heterocycles. The summed E-state index contributed by atoms with van der Waals surface area (Å²) in [7, 11) is 0. The average molecular weight is 473 g/mol. The smallest absolute Gasteiger partial charge is 0.242 e. The maximum Gasteiger partial charge on any atom is 0.242 e. The number of para-hydroxylation sites is 1. The van der Waals surface area contributed by atoms with Crippen molar-refractivity contribution in [2.75, 3.05) is 26.3 Å². The highest BCUT2D eigenvalue weighted by Gasteiger charge is 2.18. The average Bonchev–Trinajstić information content (AvgIpc) is 3.06. The van der Waals surface area contributed by atoms with Gasteiger partial charge in [0, 0.05) is 45.5 Å². The van der Waals surface area contributed by atoms with Crippen molar-refractivity contribution in [3.63, 3.8) is 0 Å². The first-order chi connectivity index (χ1) is 13.2. The van der Waals surface area contributed by atoms with Gasteiger partial charge in [-0.15, -0.1) is 0 Å². The number of fused-ring (bicyclic) bond motifs is 1. The van der Waals surface area contributed by atoms with Crippen molar-refractivity contribution in [1.29, 1.82) is 0 Å². The molecule has 1 fully saturated rings. The third-order valence-electron chi connectivity index (χ3n) is 4.67. The van der Waals surface area contributed by atoms with E-state index in [9.17, 15) is 4.79 Å². The van der Waals surface area contributed by atoms with Gasteiger partial charge in [-0.05, 0) is 52.9 Å². The van der Waals surface area contributed by atoms with Gasteiger partial charge in [-0.2, -0.15) is 0 Å². The van der Waals surface area contributed by atoms with Gasteiger partial charge in [0.15, 0.2) is 0 Å². The van der Waals surface area contributed by atoms with Gasteiger partial charge in [0.1, 0.15) is 6.54 Å². The zero-order chi connectivity index (χ0) is 18.6. The van der Waals surface area contributed by atoms with Gasteiger partial charge in [-0.1, -0.05) is 18.2 Å². The van der Waals surface area contributed by atoms with Crippen LogP contribution in [0.4, 0.5) is 5.69 Å². The molecule has 0 aliphatic carbocycles. The van der Waals surface area contributed by atoms with Gasteiger partial charge in [-0.3, -0.25) is 9.79 Å². The summed E-state index contributed by atoms with van der Waals surface area (Å²) in [4.78, 5) is 19.1. The number of benzene rings is 2. The number of hydrogen-bond donors (Lipinski definition) is 0. The predicted molar refractivity (Wildman–Crippen MR) is 116 cm³/mol. The second-order valence-electron chi connectivity index (χ2n) is 6.46. The summed E-state index contributed by atoms with van der Waals surface area (Å²) in [6, 6.07) is 16.2. The van der Waals surface area contributed by atoms with Crippen molar-refractivity contribution in [3.8, 4) is 0 Å². The number of rotatable bonds is 4. The van der Waals surface area contributed by atoms with Crippen LogP contribution in [0.3, 0.4) is 0 Å². The highest BCUT2D eigenvalue weighted by molar-refractivity contribution is 14.1. The summed E-state index contributed by atoms with van der Waals surface area (Å²) in [5.41, 5.74) is 2.97. The fourth-order valence-corrected chi connectivity index (χ4v) is 3.60. The van der Waals surface area contributed by atoms with Crippen molar-refractivity contribution in [2.24, 2.45) is 4.99 Å². The molecule has 1 amide bonds. The summed E-state index contributed by atoms with van der Waals surface area (Å²) >= 11 is 2.28. The number of hydrogen-bond acceptors (Lipinski definition) is 3. The van der Waals surface area contributed by atoms with Gasteiger partial charge in [0.05, 0.1) is 18.9 Å². The van der Waals surface area contributed by atoms with Crippen LogP contribution < -0.4 is 0 Å². The van der Waals surface area contributed by atoms with Crippen LogP contribution in [-0.4, -0.2) is 47.9 Å². The normalized spacial score (nSPS) is 14.9. The maximum atomic E-state index is 12.6. The van der Waals surface area contributed by atoms with E-state index in [1.54, 1.807) is 0 Å². The minimum Gasteiger partial charge on any atom is -0.378 e. The number of carbonyl (C=O) groups is 1. The number of morpholine rings is 1. The van der Waals surface area contributed by atoms with Gasteiger partial charge in [-0.25, -0.2) is 0 Å². The molecule has 0 spiro atoms. The SMILES string of the molecule is O=C(Cn1cc(C=Nc2ccc(I)cc2)c2ccccc21)N1CCOCC1. The van der Waals surface area contributed by atoms with Gasteiger partial charge in [0.2, 0.25) is 5.91 Å². The largest absolute Gasteiger partial charge is 0.378 e. The Kier molecular flexibility index (Phi) is 5.54. The van der Waals surface area contributed by atoms with Crippen molar-refractivity contribution in [1.82, 2.24) is 9.47 Å². The summed E-state index contributed by atoms with van der Waals surface area (Å²) in [6.07, 6.45) is 3.89. The van der Waals surface area contributed by atoms with Gasteiger partial charge >= 0.3 is 0 Å². The quantitative estimate of drug-likeness (QED) is 0.427. The number of halogens is 1. The van der Waals surface area contributed by atoms with Crippen LogP contribution in [0, 0.1) is 3.57 Å². The first-order valence-corrected chi connectivity index (χ1v) is 10.0. The standard InChI is InChI=1S/C21H20IN3O2/c22-17-5-7-18(8-6-17)23-13-16-14-25(20-4-2-1-3-19(16)20)15-21(26)24-9-11-27-12-10-24/h1-8,13-14H,9-12,15H2. The Morgan fingerprint density at radius 3 is 2.63 bits per heavy atom. The van der Waals surface area contributed by atoms with Gasteiger partial charge < -0.3 is 14.2 Å². The maximum absolute atomic E-state index is 12.6. The van der Waals surface area contributed by atoms with E-state index in [4.69, 9.17) is 4.74 Å². The second-order valence-corrected chi connectivity index (χ2v) is 7.70. The molecule has 138 valence electrons. The van der Waals surface area contributed by atoms with Gasteiger partial charge in [0.25, 0.3) is 0 Å². The second kappa shape index (κ2) is 8.22. The molecule has 0 atom stereocenters. The lowest BCUT2D eigenvalue weighted by molar-refractivity contribution is -0.135. The third-order valence-corrected chi connectivity index (χ3v) is 5.39. The van der Waals surface area contributed by atoms with Crippen molar-refractivity contribution >= 4 is 51.3 Å². The Labute approximate surface area is 171 Å². The Bertz CT molecular complexity index is 973. The molecule has 6 heteroatoms. The molecule has 3 aromatic rings. The first kappa shape index (κ1) is 18.2. The molecule has 0 bridgehead atoms. The lowest BCUT2D eigenvalue weighted by Gasteiger charge is -2.27. The van der Waals surface area contributed by atoms with E-state index in [0.717, 1.165) is 22.2 Å². The third kappa shape index (κ3) is 4.22. The molecular weight excluding hydrogens is 453 g/mol. The zero-order valence-corrected chi connectivity index (χ0v) is 17.0. The highest BCUT2D eigenvalue weighted by Crippen LogP contribution is 2.22. The minimum absolute atomic E-state index is 0.125. The van der Waals surface area contributed by atoms with E-state index in [-0.39, 0.29) is 5.91 Å². The van der Waals surface area contributed by atoms with Crippen LogP contribution in [0.1, 0.15) is 5.56 Å². The lowest BCUT2D eigenvalue weighted by atomic mass is 10.2. The van der Waals surface area contributed by atoms with Crippen LogP contribution in [-0.2, 0) is 16.1 Å². The zero-order valence-electron chi connectivity index (χ0n) is 14.8. The highest BCUT2D eigenvalue weighted by atomic mass is 127. The molecule has 1 aromatic heterocycles. The summed E-state index contributed by atoms with van der Waals surface area (Å²) in [6.45, 7) is 2.90. The van der Waals surface area contributed by atoms with E-state index >= 15 is 0 Å². The van der Waals surface area contributed by atoms with E-state index in [1.807, 2.05) is 64.3 Å². The van der Waals surface area contributed by atoms with E-state index < -0.39 is 0 Å². The molecule has 0 radical (unpaired) electrons. The molecule has 0 unspecified atom stereocenters. The van der Waals surface area contributed by atoms with Crippen LogP contribution in [0.5, 0.6) is 0 Å². The molecule has 2 aromatic carbocycles. The van der Waals surface area contributed by atoms with Crippen molar-refractivity contribution < 1.29 is 9.53 Å². The number of aliphatic imine (C=N–C) groups is 1. The van der Waals surface area contributed by atoms with Crippen LogP contribution >= 0.6 is 22.6 Å². The Hall–Kier alpha value is -2.19. The fourth-order valence-electron chi connectivity index (χ4n) is 3.24. The Morgan fingerprint density at radius 1 is 1.11 bits per heavy atom. The van der Waals surface area contributed by atoms with Crippen molar-refractivity contribution in [3.05, 3.63) is 63.9 Å². The summed E-state index contributed by atoms with van der Waals surface area (Å²) in [5, 5.41) is 1.10. The van der Waals surface area contributed by atoms with E-state index in [0.29, 0.717) is 32.8 Å². The topological polar surface area (TPSA) is 46.8 Å². The first-order valence-electron chi connectivity index (χ1n) is 8.94. The van der Waals surface area contributed by atoms with E-state index in [1.165, 1.54) is 3.57 Å². The molecular formula is C21H20IN3O2. The molecule has 4 rings (SSSR count). The number of nitrogens with zero attached hydrogens (tertiary/aromatic N) is 3. The number of aromatic nitrogens is 1. The lowest BCUT2D eigenvalue weighted by Crippen LogP contribution is -2.42. The molecule has 0 saturated carbocycles. The molecule has 1 aliphatic heterocycles. The summed E-state index contributed by atoms with van der Waals surface area (Å²) in [5.74, 6) is 0.125. The fraction of sp³-hybridized carbons (Fsp3) is 0.238. The summed E-state index contributed by atoms with van der Waals surface area (Å²) < 4.78 is 8.54. The number of ether oxygens (including phenoxy) is 1. The van der Waals surface area contributed by atoms with E-state index in [2.05, 4.69) is 33.6 Å². The molecule has 1 aliphatic rings. The molecule has 27 heavy (non-hydrogen) atoms. The Balaban J connectivity index is 1.60. The van der Waals surface area contributed by atoms with Crippen LogP contribution in [0.25, 0.3) is 10.9 Å². The number of carbonyl (C=O) groups excluding carboxylic acids is 1. The molecule has 5 nitrogen and oxygen atoms in total. The van der Waals surface area contributed by atoms with Crippen LogP contribution in [0.15, 0.2) is 59.7 Å². The predicted octanol–water partition coefficient (Wildman–Crippen LogP) is 3.86. The molecule has 2 heterocycles. The Morgan fingerprint density at radius 2 is 1.85 bits per heavy atom. The number of amides is 1. The van der Waals surface area contributed by atoms with Crippen LogP contribution in [0.2, 0.25) is 0 Å². The monoisotopic (exact) mass is 473 g/mol.